The molecule has 0 aliphatic rings. The van der Waals surface area contributed by atoms with Gasteiger partial charge in [0, 0.05) is 11.3 Å². The summed E-state index contributed by atoms with van der Waals surface area (Å²) < 4.78 is 5.37. The molecule has 2 aromatic rings. The van der Waals surface area contributed by atoms with Crippen LogP contribution in [0.15, 0.2) is 54.6 Å². The van der Waals surface area contributed by atoms with Gasteiger partial charge in [0.15, 0.2) is 0 Å². The minimum absolute atomic E-state index is 0.0460. The predicted molar refractivity (Wildman–Crippen MR) is 98.8 cm³/mol. The van der Waals surface area contributed by atoms with Crippen molar-refractivity contribution in [1.29, 1.82) is 0 Å². The minimum atomic E-state index is -0.626. The number of ether oxygens (including phenoxy) is 1. The van der Waals surface area contributed by atoms with E-state index in [2.05, 4.69) is 10.6 Å². The van der Waals surface area contributed by atoms with E-state index in [1.165, 1.54) is 0 Å². The molecule has 0 fully saturated rings. The zero-order valence-corrected chi connectivity index (χ0v) is 14.8. The maximum Gasteiger partial charge on any atom is 0.251 e. The van der Waals surface area contributed by atoms with Crippen LogP contribution in [0.4, 0.5) is 5.69 Å². The van der Waals surface area contributed by atoms with Gasteiger partial charge in [-0.05, 0) is 49.2 Å². The number of para-hydroxylation sites is 1. The van der Waals surface area contributed by atoms with E-state index in [0.29, 0.717) is 23.6 Å². The third-order valence-electron chi connectivity index (χ3n) is 3.70. The zero-order chi connectivity index (χ0) is 18.2. The van der Waals surface area contributed by atoms with Crippen LogP contribution in [0, 0.1) is 5.92 Å². The molecular weight excluding hydrogens is 316 g/mol. The molecule has 2 aromatic carbocycles. The molecule has 0 spiro atoms. The first kappa shape index (κ1) is 18.5. The van der Waals surface area contributed by atoms with E-state index < -0.39 is 6.04 Å². The lowest BCUT2D eigenvalue weighted by Crippen LogP contribution is -2.47. The molecule has 0 radical (unpaired) electrons. The lowest BCUT2D eigenvalue weighted by Gasteiger charge is -2.22. The highest BCUT2D eigenvalue weighted by Gasteiger charge is 2.24. The number of hydrogen-bond acceptors (Lipinski definition) is 3. The summed E-state index contributed by atoms with van der Waals surface area (Å²) in [6.45, 7) is 6.27. The molecule has 5 heteroatoms. The van der Waals surface area contributed by atoms with E-state index in [1.807, 2.05) is 51.1 Å². The minimum Gasteiger partial charge on any atom is -0.494 e. The number of carbonyl (C=O) groups is 2. The number of carbonyl (C=O) groups excluding carboxylic acids is 2. The molecule has 25 heavy (non-hydrogen) atoms. The average Bonchev–Trinajstić information content (AvgIpc) is 2.61. The standard InChI is InChI=1S/C20H24N2O3/c1-4-25-17-12-10-15(11-13-17)19(23)22-18(14(2)3)20(24)21-16-8-6-5-7-9-16/h5-14,18H,4H2,1-3H3,(H,21,24)(H,22,23). The van der Waals surface area contributed by atoms with Gasteiger partial charge in [-0.3, -0.25) is 9.59 Å². The third-order valence-corrected chi connectivity index (χ3v) is 3.70. The van der Waals surface area contributed by atoms with Crippen molar-refractivity contribution in [1.82, 2.24) is 5.32 Å². The fourth-order valence-corrected chi connectivity index (χ4v) is 2.37. The number of anilines is 1. The maximum atomic E-state index is 12.5. The van der Waals surface area contributed by atoms with E-state index in [0.717, 1.165) is 0 Å². The summed E-state index contributed by atoms with van der Waals surface area (Å²) in [5.74, 6) is 0.141. The fourth-order valence-electron chi connectivity index (χ4n) is 2.37. The Morgan fingerprint density at radius 1 is 1.00 bits per heavy atom. The molecule has 0 aliphatic heterocycles. The first-order valence-corrected chi connectivity index (χ1v) is 8.41. The van der Waals surface area contributed by atoms with Crippen LogP contribution in [0.25, 0.3) is 0 Å². The summed E-state index contributed by atoms with van der Waals surface area (Å²) >= 11 is 0. The largest absolute Gasteiger partial charge is 0.494 e. The second-order valence-corrected chi connectivity index (χ2v) is 6.01. The molecule has 2 N–H and O–H groups in total. The average molecular weight is 340 g/mol. The molecule has 0 saturated carbocycles. The highest BCUT2D eigenvalue weighted by Crippen LogP contribution is 2.14. The van der Waals surface area contributed by atoms with E-state index in [9.17, 15) is 9.59 Å². The van der Waals surface area contributed by atoms with Gasteiger partial charge in [-0.15, -0.1) is 0 Å². The summed E-state index contributed by atoms with van der Waals surface area (Å²) in [5, 5.41) is 5.64. The number of rotatable bonds is 7. The Bertz CT molecular complexity index is 697. The van der Waals surface area contributed by atoms with Crippen LogP contribution in [0.5, 0.6) is 5.75 Å². The molecule has 0 saturated heterocycles. The molecule has 0 heterocycles. The van der Waals surface area contributed by atoms with Gasteiger partial charge in [-0.2, -0.15) is 0 Å². The van der Waals surface area contributed by atoms with Crippen molar-refractivity contribution in [3.63, 3.8) is 0 Å². The Labute approximate surface area is 148 Å². The topological polar surface area (TPSA) is 67.4 Å². The molecule has 0 aliphatic carbocycles. The van der Waals surface area contributed by atoms with Gasteiger partial charge in [0.05, 0.1) is 6.61 Å². The molecule has 1 atom stereocenters. The van der Waals surface area contributed by atoms with Crippen LogP contribution < -0.4 is 15.4 Å². The lowest BCUT2D eigenvalue weighted by molar-refractivity contribution is -0.118. The molecule has 132 valence electrons. The maximum absolute atomic E-state index is 12.5. The Morgan fingerprint density at radius 3 is 2.20 bits per heavy atom. The third kappa shape index (κ3) is 5.35. The van der Waals surface area contributed by atoms with Gasteiger partial charge in [0.2, 0.25) is 5.91 Å². The van der Waals surface area contributed by atoms with Crippen LogP contribution in [-0.2, 0) is 4.79 Å². The van der Waals surface area contributed by atoms with E-state index >= 15 is 0 Å². The second-order valence-electron chi connectivity index (χ2n) is 6.01. The van der Waals surface area contributed by atoms with Crippen LogP contribution in [0.2, 0.25) is 0 Å². The van der Waals surface area contributed by atoms with Gasteiger partial charge >= 0.3 is 0 Å². The van der Waals surface area contributed by atoms with E-state index in [4.69, 9.17) is 4.74 Å². The van der Waals surface area contributed by atoms with E-state index in [-0.39, 0.29) is 17.7 Å². The summed E-state index contributed by atoms with van der Waals surface area (Å²) in [5.41, 5.74) is 1.19. The quantitative estimate of drug-likeness (QED) is 0.811. The zero-order valence-electron chi connectivity index (χ0n) is 14.8. The van der Waals surface area contributed by atoms with Crippen LogP contribution in [0.1, 0.15) is 31.1 Å². The van der Waals surface area contributed by atoms with Gasteiger partial charge in [0.25, 0.3) is 5.91 Å². The van der Waals surface area contributed by atoms with Crippen molar-refractivity contribution in [3.8, 4) is 5.75 Å². The van der Waals surface area contributed by atoms with Gasteiger partial charge in [-0.25, -0.2) is 0 Å². The summed E-state index contributed by atoms with van der Waals surface area (Å²) in [7, 11) is 0. The number of nitrogens with one attached hydrogen (secondary N) is 2. The second kappa shape index (κ2) is 8.87. The Hall–Kier alpha value is -2.82. The molecule has 0 aromatic heterocycles. The van der Waals surface area contributed by atoms with Gasteiger partial charge in [0.1, 0.15) is 11.8 Å². The molecule has 2 amide bonds. The van der Waals surface area contributed by atoms with Crippen LogP contribution >= 0.6 is 0 Å². The highest BCUT2D eigenvalue weighted by atomic mass is 16.5. The molecule has 0 bridgehead atoms. The van der Waals surface area contributed by atoms with Crippen molar-refractivity contribution in [2.75, 3.05) is 11.9 Å². The Kier molecular flexibility index (Phi) is 6.57. The molecular formula is C20H24N2O3. The monoisotopic (exact) mass is 340 g/mol. The first-order valence-electron chi connectivity index (χ1n) is 8.41. The molecule has 1 unspecified atom stereocenters. The van der Waals surface area contributed by atoms with Crippen molar-refractivity contribution < 1.29 is 14.3 Å². The predicted octanol–water partition coefficient (Wildman–Crippen LogP) is 3.48. The Balaban J connectivity index is 2.04. The smallest absolute Gasteiger partial charge is 0.251 e. The lowest BCUT2D eigenvalue weighted by atomic mass is 10.0. The highest BCUT2D eigenvalue weighted by molar-refractivity contribution is 6.01. The van der Waals surface area contributed by atoms with E-state index in [1.54, 1.807) is 24.3 Å². The number of amides is 2. The Morgan fingerprint density at radius 2 is 1.64 bits per heavy atom. The fraction of sp³-hybridized carbons (Fsp3) is 0.300. The molecule has 2 rings (SSSR count). The SMILES string of the molecule is CCOc1ccc(C(=O)NC(C(=O)Nc2ccccc2)C(C)C)cc1. The van der Waals surface area contributed by atoms with Crippen LogP contribution in [0.3, 0.4) is 0 Å². The summed E-state index contributed by atoms with van der Waals surface area (Å²) in [6, 6.07) is 15.4. The number of benzene rings is 2. The normalized spacial score (nSPS) is 11.7. The molecule has 5 nitrogen and oxygen atoms in total. The summed E-state index contributed by atoms with van der Waals surface area (Å²) in [4.78, 5) is 25.0. The van der Waals surface area contributed by atoms with Crippen molar-refractivity contribution in [2.45, 2.75) is 26.8 Å². The van der Waals surface area contributed by atoms with Crippen molar-refractivity contribution >= 4 is 17.5 Å². The van der Waals surface area contributed by atoms with Gasteiger partial charge < -0.3 is 15.4 Å². The first-order chi connectivity index (χ1) is 12.0. The number of hydrogen-bond donors (Lipinski definition) is 2. The van der Waals surface area contributed by atoms with Crippen molar-refractivity contribution in [2.24, 2.45) is 5.92 Å². The van der Waals surface area contributed by atoms with Crippen molar-refractivity contribution in [3.05, 3.63) is 60.2 Å². The van der Waals surface area contributed by atoms with Crippen LogP contribution in [-0.4, -0.2) is 24.5 Å². The van der Waals surface area contributed by atoms with Gasteiger partial charge in [-0.1, -0.05) is 32.0 Å². The summed E-state index contributed by atoms with van der Waals surface area (Å²) in [6.07, 6.45) is 0.